The molecule has 0 amide bonds. The molecule has 0 saturated carbocycles. The molecule has 0 aliphatic rings. The van der Waals surface area contributed by atoms with E-state index in [4.69, 9.17) is 9.47 Å². The molecule has 0 aliphatic heterocycles. The molecule has 6 heteroatoms. The fourth-order valence-corrected chi connectivity index (χ4v) is 2.16. The van der Waals surface area contributed by atoms with Gasteiger partial charge >= 0.3 is 5.97 Å². The van der Waals surface area contributed by atoms with Gasteiger partial charge in [0.05, 0.1) is 6.61 Å². The lowest BCUT2D eigenvalue weighted by Gasteiger charge is -2.08. The highest BCUT2D eigenvalue weighted by atomic mass is 16.5. The van der Waals surface area contributed by atoms with Crippen LogP contribution in [0, 0.1) is 0 Å². The van der Waals surface area contributed by atoms with E-state index in [1.54, 1.807) is 18.2 Å². The summed E-state index contributed by atoms with van der Waals surface area (Å²) < 4.78 is 10.9. The maximum atomic E-state index is 11.8. The van der Waals surface area contributed by atoms with Crippen molar-refractivity contribution in [2.24, 2.45) is 0 Å². The van der Waals surface area contributed by atoms with E-state index in [1.165, 1.54) is 38.4 Å². The summed E-state index contributed by atoms with van der Waals surface area (Å²) >= 11 is 0. The monoisotopic (exact) mass is 317 g/mol. The highest BCUT2D eigenvalue weighted by Gasteiger charge is 2.11. The summed E-state index contributed by atoms with van der Waals surface area (Å²) in [6, 6.07) is 7.04. The van der Waals surface area contributed by atoms with E-state index in [1.807, 2.05) is 6.07 Å². The van der Waals surface area contributed by atoms with Crippen molar-refractivity contribution >= 4 is 5.97 Å². The molecule has 0 aliphatic carbocycles. The molecule has 0 radical (unpaired) electrons. The van der Waals surface area contributed by atoms with Crippen LogP contribution in [0.3, 0.4) is 0 Å². The minimum Gasteiger partial charge on any atom is -0.493 e. The van der Waals surface area contributed by atoms with Crippen molar-refractivity contribution in [3.63, 3.8) is 0 Å². The molecule has 1 aromatic carbocycles. The minimum atomic E-state index is -0.574. The van der Waals surface area contributed by atoms with Gasteiger partial charge < -0.3 is 9.47 Å². The number of carbonyl (C=O) groups is 1. The molecule has 0 spiro atoms. The van der Waals surface area contributed by atoms with Gasteiger partial charge in [0.2, 0.25) is 5.82 Å². The predicted octanol–water partition coefficient (Wildman–Crippen LogP) is 3.76. The molecule has 2 aromatic rings. The lowest BCUT2D eigenvalue weighted by Crippen LogP contribution is -2.10. The number of H-pyrrole nitrogens is 1. The lowest BCUT2D eigenvalue weighted by atomic mass is 10.1. The van der Waals surface area contributed by atoms with Gasteiger partial charge in [-0.2, -0.15) is 5.10 Å². The summed E-state index contributed by atoms with van der Waals surface area (Å²) in [5.41, 5.74) is 0. The third kappa shape index (κ3) is 6.10. The van der Waals surface area contributed by atoms with E-state index in [9.17, 15) is 4.79 Å². The van der Waals surface area contributed by atoms with E-state index < -0.39 is 5.97 Å². The van der Waals surface area contributed by atoms with E-state index in [2.05, 4.69) is 22.1 Å². The van der Waals surface area contributed by atoms with Crippen molar-refractivity contribution in [1.82, 2.24) is 15.2 Å². The van der Waals surface area contributed by atoms with E-state index in [0.717, 1.165) is 6.42 Å². The Balaban J connectivity index is 1.73. The Morgan fingerprint density at radius 2 is 1.91 bits per heavy atom. The maximum Gasteiger partial charge on any atom is 0.381 e. The Morgan fingerprint density at radius 3 is 2.70 bits per heavy atom. The zero-order valence-corrected chi connectivity index (χ0v) is 13.5. The van der Waals surface area contributed by atoms with E-state index in [-0.39, 0.29) is 5.82 Å². The van der Waals surface area contributed by atoms with Crippen LogP contribution in [0.1, 0.15) is 56.1 Å². The second kappa shape index (κ2) is 9.61. The van der Waals surface area contributed by atoms with Gasteiger partial charge in [0.1, 0.15) is 17.8 Å². The number of unbranched alkanes of at least 4 members (excludes halogenated alkanes) is 5. The molecule has 0 fully saturated rings. The zero-order chi connectivity index (χ0) is 16.3. The number of aromatic nitrogens is 3. The van der Waals surface area contributed by atoms with Gasteiger partial charge in [-0.25, -0.2) is 9.78 Å². The molecule has 0 saturated heterocycles. The van der Waals surface area contributed by atoms with Crippen LogP contribution >= 0.6 is 0 Å². The molecule has 0 bridgehead atoms. The first-order valence-corrected chi connectivity index (χ1v) is 8.10. The maximum absolute atomic E-state index is 11.8. The Labute approximate surface area is 136 Å². The largest absolute Gasteiger partial charge is 0.493 e. The third-order valence-corrected chi connectivity index (χ3v) is 3.39. The molecule has 23 heavy (non-hydrogen) atoms. The summed E-state index contributed by atoms with van der Waals surface area (Å²) in [5.74, 6) is 0.618. The van der Waals surface area contributed by atoms with Crippen LogP contribution in [0.25, 0.3) is 0 Å². The number of hydrogen-bond donors (Lipinski definition) is 1. The first kappa shape index (κ1) is 17.0. The normalized spacial score (nSPS) is 10.5. The number of hydrogen-bond acceptors (Lipinski definition) is 5. The van der Waals surface area contributed by atoms with Crippen LogP contribution in [0.4, 0.5) is 0 Å². The number of esters is 1. The first-order chi connectivity index (χ1) is 11.3. The molecule has 1 N–H and O–H groups in total. The molecule has 1 heterocycles. The highest BCUT2D eigenvalue weighted by molar-refractivity contribution is 5.86. The molecular weight excluding hydrogens is 294 g/mol. The number of aromatic amines is 1. The number of benzene rings is 1. The fraction of sp³-hybridized carbons (Fsp3) is 0.471. The summed E-state index contributed by atoms with van der Waals surface area (Å²) in [7, 11) is 0. The van der Waals surface area contributed by atoms with Crippen molar-refractivity contribution in [2.75, 3.05) is 6.61 Å². The van der Waals surface area contributed by atoms with Crippen molar-refractivity contribution in [1.29, 1.82) is 0 Å². The fourth-order valence-electron chi connectivity index (χ4n) is 2.16. The topological polar surface area (TPSA) is 77.1 Å². The molecule has 124 valence electrons. The van der Waals surface area contributed by atoms with Crippen LogP contribution < -0.4 is 9.47 Å². The third-order valence-electron chi connectivity index (χ3n) is 3.39. The highest BCUT2D eigenvalue weighted by Crippen LogP contribution is 2.20. The van der Waals surface area contributed by atoms with E-state index >= 15 is 0 Å². The molecule has 1 aromatic heterocycles. The Morgan fingerprint density at radius 1 is 1.13 bits per heavy atom. The SMILES string of the molecule is CCCCCCCCOc1cccc(OC(=O)c2ncn[nH]2)c1. The van der Waals surface area contributed by atoms with Gasteiger partial charge in [0.25, 0.3) is 0 Å². The summed E-state index contributed by atoms with van der Waals surface area (Å²) in [6.07, 6.45) is 8.59. The Kier molecular flexibility index (Phi) is 7.10. The van der Waals surface area contributed by atoms with Gasteiger partial charge in [0, 0.05) is 6.07 Å². The summed E-state index contributed by atoms with van der Waals surface area (Å²) in [4.78, 5) is 15.5. The standard InChI is InChI=1S/C17H23N3O3/c1-2-3-4-5-6-7-11-22-14-9-8-10-15(12-14)23-17(21)16-18-13-19-20-16/h8-10,12-13H,2-7,11H2,1H3,(H,18,19,20). The van der Waals surface area contributed by atoms with Gasteiger partial charge in [-0.15, -0.1) is 0 Å². The quantitative estimate of drug-likeness (QED) is 0.410. The summed E-state index contributed by atoms with van der Waals surface area (Å²) in [5, 5.41) is 6.08. The second-order valence-corrected chi connectivity index (χ2v) is 5.31. The van der Waals surface area contributed by atoms with Crippen LogP contribution in [0.2, 0.25) is 0 Å². The number of ether oxygens (including phenoxy) is 2. The van der Waals surface area contributed by atoms with Gasteiger partial charge in [-0.1, -0.05) is 45.1 Å². The molecule has 0 unspecified atom stereocenters. The zero-order valence-electron chi connectivity index (χ0n) is 13.5. The Hall–Kier alpha value is -2.37. The molecule has 2 rings (SSSR count). The van der Waals surface area contributed by atoms with Crippen LogP contribution in [0.5, 0.6) is 11.5 Å². The minimum absolute atomic E-state index is 0.0726. The average molecular weight is 317 g/mol. The molecular formula is C17H23N3O3. The second-order valence-electron chi connectivity index (χ2n) is 5.31. The van der Waals surface area contributed by atoms with Crippen LogP contribution in [0.15, 0.2) is 30.6 Å². The number of nitrogens with one attached hydrogen (secondary N) is 1. The van der Waals surface area contributed by atoms with Crippen molar-refractivity contribution in [3.8, 4) is 11.5 Å². The van der Waals surface area contributed by atoms with Gasteiger partial charge in [-0.3, -0.25) is 5.10 Å². The van der Waals surface area contributed by atoms with Crippen molar-refractivity contribution < 1.29 is 14.3 Å². The van der Waals surface area contributed by atoms with Gasteiger partial charge in [-0.05, 0) is 18.6 Å². The lowest BCUT2D eigenvalue weighted by molar-refractivity contribution is 0.0722. The Bertz CT molecular complexity index is 585. The van der Waals surface area contributed by atoms with Crippen LogP contribution in [-0.4, -0.2) is 27.8 Å². The van der Waals surface area contributed by atoms with Gasteiger partial charge in [0.15, 0.2) is 0 Å². The smallest absolute Gasteiger partial charge is 0.381 e. The van der Waals surface area contributed by atoms with Crippen molar-refractivity contribution in [2.45, 2.75) is 45.4 Å². The number of carbonyl (C=O) groups excluding carboxylic acids is 1. The predicted molar refractivity (Wildman–Crippen MR) is 86.7 cm³/mol. The first-order valence-electron chi connectivity index (χ1n) is 8.10. The number of nitrogens with zero attached hydrogens (tertiary/aromatic N) is 2. The van der Waals surface area contributed by atoms with Crippen LogP contribution in [-0.2, 0) is 0 Å². The molecule has 6 nitrogen and oxygen atoms in total. The number of rotatable bonds is 10. The average Bonchev–Trinajstić information content (AvgIpc) is 3.09. The summed E-state index contributed by atoms with van der Waals surface area (Å²) in [6.45, 7) is 2.89. The van der Waals surface area contributed by atoms with E-state index in [0.29, 0.717) is 18.1 Å². The van der Waals surface area contributed by atoms with Crippen molar-refractivity contribution in [3.05, 3.63) is 36.4 Å². The molecule has 0 atom stereocenters.